The van der Waals surface area contributed by atoms with Crippen LogP contribution in [-0.2, 0) is 10.0 Å². The monoisotopic (exact) mass is 245 g/mol. The zero-order chi connectivity index (χ0) is 12.3. The fraction of sp³-hybridized carbons (Fsp3) is 0.500. The largest absolute Gasteiger partial charge is 0.388 e. The minimum absolute atomic E-state index is 0.0328. The van der Waals surface area contributed by atoms with E-state index in [0.29, 0.717) is 0 Å². The SMILES string of the molecule is CC(CC(=N)N)N(C)S(=O)(=O)c1cnc[nH]1. The molecular formula is C8H15N5O2S. The van der Waals surface area contributed by atoms with E-state index >= 15 is 0 Å². The summed E-state index contributed by atoms with van der Waals surface area (Å²) in [6, 6.07) is -0.370. The van der Waals surface area contributed by atoms with Crippen LogP contribution in [0.5, 0.6) is 0 Å². The summed E-state index contributed by atoms with van der Waals surface area (Å²) in [6.45, 7) is 1.69. The van der Waals surface area contributed by atoms with Gasteiger partial charge < -0.3 is 10.7 Å². The van der Waals surface area contributed by atoms with E-state index in [2.05, 4.69) is 9.97 Å². The Labute approximate surface area is 94.2 Å². The summed E-state index contributed by atoms with van der Waals surface area (Å²) in [5.41, 5.74) is 5.23. The number of nitrogens with zero attached hydrogens (tertiary/aromatic N) is 2. The highest BCUT2D eigenvalue weighted by molar-refractivity contribution is 7.89. The summed E-state index contributed by atoms with van der Waals surface area (Å²) in [5.74, 6) is -0.0424. The molecule has 1 atom stereocenters. The average molecular weight is 245 g/mol. The molecule has 1 aromatic rings. The van der Waals surface area contributed by atoms with Gasteiger partial charge in [0.25, 0.3) is 10.0 Å². The molecule has 0 saturated carbocycles. The Morgan fingerprint density at radius 1 is 1.75 bits per heavy atom. The topological polar surface area (TPSA) is 116 Å². The van der Waals surface area contributed by atoms with Crippen LogP contribution in [0.2, 0.25) is 0 Å². The van der Waals surface area contributed by atoms with Crippen molar-refractivity contribution in [1.29, 1.82) is 5.41 Å². The Balaban J connectivity index is 2.89. The second-order valence-corrected chi connectivity index (χ2v) is 5.48. The van der Waals surface area contributed by atoms with Crippen molar-refractivity contribution in [3.63, 3.8) is 0 Å². The maximum atomic E-state index is 12.0. The molecule has 1 unspecified atom stereocenters. The van der Waals surface area contributed by atoms with Crippen LogP contribution in [-0.4, -0.2) is 41.6 Å². The lowest BCUT2D eigenvalue weighted by Gasteiger charge is -2.22. The fourth-order valence-corrected chi connectivity index (χ4v) is 2.48. The van der Waals surface area contributed by atoms with Crippen molar-refractivity contribution in [1.82, 2.24) is 14.3 Å². The second-order valence-electron chi connectivity index (χ2n) is 3.52. The second kappa shape index (κ2) is 4.62. The number of hydrogen-bond acceptors (Lipinski definition) is 4. The van der Waals surface area contributed by atoms with Gasteiger partial charge in [-0.15, -0.1) is 0 Å². The maximum Gasteiger partial charge on any atom is 0.260 e. The van der Waals surface area contributed by atoms with E-state index in [1.165, 1.54) is 23.9 Å². The smallest absolute Gasteiger partial charge is 0.260 e. The Morgan fingerprint density at radius 2 is 2.38 bits per heavy atom. The van der Waals surface area contributed by atoms with E-state index in [1.54, 1.807) is 6.92 Å². The predicted molar refractivity (Wildman–Crippen MR) is 59.5 cm³/mol. The van der Waals surface area contributed by atoms with Crippen LogP contribution in [0.3, 0.4) is 0 Å². The first-order valence-corrected chi connectivity index (χ1v) is 6.09. The highest BCUT2D eigenvalue weighted by Crippen LogP contribution is 2.14. The highest BCUT2D eigenvalue weighted by atomic mass is 32.2. The number of aromatic amines is 1. The molecule has 0 amide bonds. The quantitative estimate of drug-likeness (QED) is 0.489. The van der Waals surface area contributed by atoms with Gasteiger partial charge in [0.15, 0.2) is 5.03 Å². The summed E-state index contributed by atoms with van der Waals surface area (Å²) in [4.78, 5) is 6.20. The van der Waals surface area contributed by atoms with Gasteiger partial charge in [-0.25, -0.2) is 13.4 Å². The molecule has 0 aliphatic carbocycles. The van der Waals surface area contributed by atoms with Crippen LogP contribution in [0.1, 0.15) is 13.3 Å². The lowest BCUT2D eigenvalue weighted by Crippen LogP contribution is -2.37. The lowest BCUT2D eigenvalue weighted by atomic mass is 10.2. The van der Waals surface area contributed by atoms with Gasteiger partial charge in [0.1, 0.15) is 0 Å². The molecule has 90 valence electrons. The first-order chi connectivity index (χ1) is 7.35. The van der Waals surface area contributed by atoms with Gasteiger partial charge in [0, 0.05) is 19.5 Å². The molecule has 0 aliphatic rings. The van der Waals surface area contributed by atoms with Crippen LogP contribution in [0.15, 0.2) is 17.6 Å². The van der Waals surface area contributed by atoms with Crippen LogP contribution in [0.25, 0.3) is 0 Å². The van der Waals surface area contributed by atoms with Gasteiger partial charge in [0.2, 0.25) is 0 Å². The maximum absolute atomic E-state index is 12.0. The number of hydrogen-bond donors (Lipinski definition) is 3. The summed E-state index contributed by atoms with van der Waals surface area (Å²) in [5, 5.41) is 7.17. The standard InChI is InChI=1S/C8H15N5O2S/c1-6(3-7(9)10)13(2)16(14,15)8-4-11-5-12-8/h4-6H,3H2,1-2H3,(H3,9,10)(H,11,12). The molecule has 8 heteroatoms. The normalized spacial score (nSPS) is 13.9. The molecule has 7 nitrogen and oxygen atoms in total. The number of rotatable bonds is 5. The average Bonchev–Trinajstić information content (AvgIpc) is 2.68. The summed E-state index contributed by atoms with van der Waals surface area (Å²) < 4.78 is 25.1. The number of amidine groups is 1. The number of aromatic nitrogens is 2. The van der Waals surface area contributed by atoms with Crippen molar-refractivity contribution in [2.24, 2.45) is 5.73 Å². The van der Waals surface area contributed by atoms with Crippen LogP contribution < -0.4 is 5.73 Å². The molecule has 0 aromatic carbocycles. The van der Waals surface area contributed by atoms with Crippen molar-refractivity contribution < 1.29 is 8.42 Å². The van der Waals surface area contributed by atoms with Crippen molar-refractivity contribution in [3.05, 3.63) is 12.5 Å². The van der Waals surface area contributed by atoms with Gasteiger partial charge in [-0.1, -0.05) is 0 Å². The molecule has 0 bridgehead atoms. The van der Waals surface area contributed by atoms with Crippen LogP contribution in [0, 0.1) is 5.41 Å². The minimum atomic E-state index is -3.58. The van der Waals surface area contributed by atoms with E-state index in [4.69, 9.17) is 11.1 Å². The van der Waals surface area contributed by atoms with Crippen molar-refractivity contribution in [2.45, 2.75) is 24.4 Å². The molecule has 1 heterocycles. The van der Waals surface area contributed by atoms with Crippen LogP contribution >= 0.6 is 0 Å². The number of imidazole rings is 1. The van der Waals surface area contributed by atoms with Crippen molar-refractivity contribution in [2.75, 3.05) is 7.05 Å². The zero-order valence-corrected chi connectivity index (χ0v) is 9.95. The summed E-state index contributed by atoms with van der Waals surface area (Å²) >= 11 is 0. The van der Waals surface area contributed by atoms with Gasteiger partial charge in [0.05, 0.1) is 18.4 Å². The van der Waals surface area contributed by atoms with Crippen molar-refractivity contribution >= 4 is 15.9 Å². The summed E-state index contributed by atoms with van der Waals surface area (Å²) in [6.07, 6.45) is 2.74. The van der Waals surface area contributed by atoms with E-state index in [-0.39, 0.29) is 23.3 Å². The first-order valence-electron chi connectivity index (χ1n) is 4.65. The third-order valence-electron chi connectivity index (χ3n) is 2.27. The van der Waals surface area contributed by atoms with Crippen molar-refractivity contribution in [3.8, 4) is 0 Å². The molecule has 0 saturated heterocycles. The third-order valence-corrected chi connectivity index (χ3v) is 4.16. The number of nitrogens with two attached hydrogens (primary N) is 1. The molecule has 0 radical (unpaired) electrons. The number of nitrogens with one attached hydrogen (secondary N) is 2. The highest BCUT2D eigenvalue weighted by Gasteiger charge is 2.26. The van der Waals surface area contributed by atoms with E-state index in [9.17, 15) is 8.42 Å². The molecular weight excluding hydrogens is 230 g/mol. The van der Waals surface area contributed by atoms with Gasteiger partial charge in [-0.05, 0) is 6.92 Å². The predicted octanol–water partition coefficient (Wildman–Crippen LogP) is -0.255. The molecule has 4 N–H and O–H groups in total. The Morgan fingerprint density at radius 3 is 2.81 bits per heavy atom. The molecule has 0 fully saturated rings. The molecule has 1 rings (SSSR count). The molecule has 1 aromatic heterocycles. The third kappa shape index (κ3) is 2.58. The Kier molecular flexibility index (Phi) is 3.66. The number of sulfonamides is 1. The Bertz CT molecular complexity index is 453. The molecule has 0 aliphatic heterocycles. The fourth-order valence-electron chi connectivity index (χ4n) is 1.22. The minimum Gasteiger partial charge on any atom is -0.388 e. The van der Waals surface area contributed by atoms with E-state index < -0.39 is 10.0 Å². The lowest BCUT2D eigenvalue weighted by molar-refractivity contribution is 0.394. The van der Waals surface area contributed by atoms with E-state index in [1.807, 2.05) is 0 Å². The molecule has 16 heavy (non-hydrogen) atoms. The van der Waals surface area contributed by atoms with Gasteiger partial charge in [-0.2, -0.15) is 4.31 Å². The zero-order valence-electron chi connectivity index (χ0n) is 9.14. The number of H-pyrrole nitrogens is 1. The van der Waals surface area contributed by atoms with E-state index in [0.717, 1.165) is 0 Å². The van der Waals surface area contributed by atoms with Crippen LogP contribution in [0.4, 0.5) is 0 Å². The molecule has 0 spiro atoms. The van der Waals surface area contributed by atoms with Gasteiger partial charge in [-0.3, -0.25) is 5.41 Å². The van der Waals surface area contributed by atoms with Gasteiger partial charge >= 0.3 is 0 Å². The first kappa shape index (κ1) is 12.7. The summed E-state index contributed by atoms with van der Waals surface area (Å²) in [7, 11) is -2.13. The Hall–Kier alpha value is -1.41.